The van der Waals surface area contributed by atoms with Crippen molar-refractivity contribution in [2.45, 2.75) is 31.8 Å². The van der Waals surface area contributed by atoms with E-state index in [2.05, 4.69) is 10.6 Å². The molecule has 1 fully saturated rings. The van der Waals surface area contributed by atoms with Gasteiger partial charge in [0.1, 0.15) is 0 Å². The monoisotopic (exact) mass is 324 g/mol. The third-order valence-electron chi connectivity index (χ3n) is 3.62. The van der Waals surface area contributed by atoms with Crippen LogP contribution in [-0.2, 0) is 9.59 Å². The number of likely N-dealkylation sites (N-methyl/N-ethyl adjacent to an activating group) is 1. The maximum atomic E-state index is 12.1. The zero-order chi connectivity index (χ0) is 16.1. The summed E-state index contributed by atoms with van der Waals surface area (Å²) in [5.41, 5.74) is 0.890. The molecule has 2 amide bonds. The minimum absolute atomic E-state index is 0.00644. The average molecular weight is 325 g/mol. The molecule has 0 aromatic heterocycles. The molecule has 22 heavy (non-hydrogen) atoms. The van der Waals surface area contributed by atoms with Gasteiger partial charge in [0.05, 0.1) is 13.1 Å². The lowest BCUT2D eigenvalue weighted by Crippen LogP contribution is -3.11. The maximum Gasteiger partial charge on any atom is 0.275 e. The van der Waals surface area contributed by atoms with Crippen LogP contribution >= 0.6 is 11.6 Å². The molecule has 3 N–H and O–H groups in total. The maximum absolute atomic E-state index is 12.1. The molecule has 6 heteroatoms. The quantitative estimate of drug-likeness (QED) is 0.676. The predicted molar refractivity (Wildman–Crippen MR) is 85.8 cm³/mol. The Kier molecular flexibility index (Phi) is 5.80. The molecule has 2 atom stereocenters. The van der Waals surface area contributed by atoms with Gasteiger partial charge in [-0.1, -0.05) is 29.8 Å². The van der Waals surface area contributed by atoms with Crippen LogP contribution in [0, 0.1) is 0 Å². The van der Waals surface area contributed by atoms with Crippen LogP contribution in [0.5, 0.6) is 0 Å². The van der Waals surface area contributed by atoms with Crippen molar-refractivity contribution >= 4 is 23.4 Å². The van der Waals surface area contributed by atoms with E-state index in [9.17, 15) is 9.59 Å². The second kappa shape index (κ2) is 7.61. The molecule has 120 valence electrons. The molecule has 1 aromatic carbocycles. The molecular formula is C16H23ClN3O2+. The second-order valence-electron chi connectivity index (χ2n) is 5.96. The number of nitrogens with one attached hydrogen (secondary N) is 3. The van der Waals surface area contributed by atoms with Crippen molar-refractivity contribution < 1.29 is 14.5 Å². The Morgan fingerprint density at radius 3 is 2.55 bits per heavy atom. The Morgan fingerprint density at radius 1 is 1.27 bits per heavy atom. The fourth-order valence-corrected chi connectivity index (χ4v) is 2.61. The number of benzene rings is 1. The van der Waals surface area contributed by atoms with Crippen LogP contribution in [-0.4, -0.2) is 38.0 Å². The molecule has 1 aliphatic rings. The average Bonchev–Trinajstić information content (AvgIpc) is 3.22. The van der Waals surface area contributed by atoms with Crippen molar-refractivity contribution in [3.8, 4) is 0 Å². The van der Waals surface area contributed by atoms with Crippen LogP contribution in [0.15, 0.2) is 24.3 Å². The second-order valence-corrected chi connectivity index (χ2v) is 6.37. The summed E-state index contributed by atoms with van der Waals surface area (Å²) in [5, 5.41) is 6.48. The Bertz CT molecular complexity index is 546. The fourth-order valence-electron chi connectivity index (χ4n) is 2.31. The molecule has 2 rings (SSSR count). The van der Waals surface area contributed by atoms with E-state index in [4.69, 9.17) is 11.6 Å². The van der Waals surface area contributed by atoms with Gasteiger partial charge in [-0.05, 0) is 31.4 Å². The van der Waals surface area contributed by atoms with Gasteiger partial charge in [-0.3, -0.25) is 9.59 Å². The summed E-state index contributed by atoms with van der Waals surface area (Å²) >= 11 is 6.12. The Labute approximate surface area is 136 Å². The van der Waals surface area contributed by atoms with Crippen LogP contribution in [0.2, 0.25) is 5.02 Å². The number of amides is 2. The molecule has 0 saturated heterocycles. The molecule has 0 bridgehead atoms. The Morgan fingerprint density at radius 2 is 1.91 bits per heavy atom. The first-order valence-electron chi connectivity index (χ1n) is 7.60. The molecule has 1 saturated carbocycles. The van der Waals surface area contributed by atoms with Crippen molar-refractivity contribution in [3.05, 3.63) is 34.9 Å². The number of hydrogen-bond acceptors (Lipinski definition) is 2. The number of halogens is 1. The van der Waals surface area contributed by atoms with Crippen LogP contribution in [0.4, 0.5) is 0 Å². The van der Waals surface area contributed by atoms with Gasteiger partial charge in [0.25, 0.3) is 11.8 Å². The van der Waals surface area contributed by atoms with E-state index in [0.29, 0.717) is 17.6 Å². The number of quaternary nitrogens is 1. The summed E-state index contributed by atoms with van der Waals surface area (Å²) in [6, 6.07) is 7.65. The first kappa shape index (κ1) is 16.8. The molecule has 0 heterocycles. The number of rotatable bonds is 7. The molecule has 1 aromatic rings. The van der Waals surface area contributed by atoms with Crippen molar-refractivity contribution in [2.75, 3.05) is 20.1 Å². The van der Waals surface area contributed by atoms with Gasteiger partial charge in [0.2, 0.25) is 0 Å². The highest BCUT2D eigenvalue weighted by Crippen LogP contribution is 2.21. The summed E-state index contributed by atoms with van der Waals surface area (Å²) in [7, 11) is 1.84. The normalized spacial score (nSPS) is 16.7. The third-order valence-corrected chi connectivity index (χ3v) is 3.96. The zero-order valence-electron chi connectivity index (χ0n) is 13.0. The van der Waals surface area contributed by atoms with Crippen molar-refractivity contribution in [1.29, 1.82) is 0 Å². The highest BCUT2D eigenvalue weighted by molar-refractivity contribution is 6.31. The highest BCUT2D eigenvalue weighted by atomic mass is 35.5. The smallest absolute Gasteiger partial charge is 0.275 e. The van der Waals surface area contributed by atoms with Gasteiger partial charge in [0.15, 0.2) is 13.1 Å². The van der Waals surface area contributed by atoms with Crippen molar-refractivity contribution in [2.24, 2.45) is 0 Å². The van der Waals surface area contributed by atoms with Gasteiger partial charge in [-0.25, -0.2) is 0 Å². The van der Waals surface area contributed by atoms with Gasteiger partial charge in [0, 0.05) is 11.1 Å². The van der Waals surface area contributed by atoms with E-state index in [0.717, 1.165) is 23.3 Å². The lowest BCUT2D eigenvalue weighted by atomic mass is 10.1. The largest absolute Gasteiger partial charge is 0.348 e. The summed E-state index contributed by atoms with van der Waals surface area (Å²) in [6.07, 6.45) is 2.14. The first-order chi connectivity index (χ1) is 10.5. The summed E-state index contributed by atoms with van der Waals surface area (Å²) in [6.45, 7) is 2.46. The molecular weight excluding hydrogens is 302 g/mol. The Balaban J connectivity index is 1.76. The van der Waals surface area contributed by atoms with E-state index in [-0.39, 0.29) is 24.4 Å². The van der Waals surface area contributed by atoms with Crippen LogP contribution in [0.1, 0.15) is 31.4 Å². The van der Waals surface area contributed by atoms with Crippen molar-refractivity contribution in [1.82, 2.24) is 10.6 Å². The minimum atomic E-state index is -0.158. The summed E-state index contributed by atoms with van der Waals surface area (Å²) in [4.78, 5) is 24.6. The first-order valence-corrected chi connectivity index (χ1v) is 7.98. The minimum Gasteiger partial charge on any atom is -0.348 e. The molecule has 1 unspecified atom stereocenters. The summed E-state index contributed by atoms with van der Waals surface area (Å²) < 4.78 is 0. The number of carbonyl (C=O) groups excluding carboxylic acids is 2. The lowest BCUT2D eigenvalue weighted by molar-refractivity contribution is -0.862. The van der Waals surface area contributed by atoms with Crippen molar-refractivity contribution in [3.63, 3.8) is 0 Å². The van der Waals surface area contributed by atoms with Gasteiger partial charge < -0.3 is 15.5 Å². The molecule has 1 aliphatic carbocycles. The van der Waals surface area contributed by atoms with E-state index in [1.165, 1.54) is 0 Å². The third kappa shape index (κ3) is 5.31. The van der Waals surface area contributed by atoms with Gasteiger partial charge in [-0.2, -0.15) is 0 Å². The zero-order valence-corrected chi connectivity index (χ0v) is 13.7. The highest BCUT2D eigenvalue weighted by Gasteiger charge is 2.25. The van der Waals surface area contributed by atoms with E-state index >= 15 is 0 Å². The number of hydrogen-bond donors (Lipinski definition) is 3. The van der Waals surface area contributed by atoms with E-state index < -0.39 is 0 Å². The molecule has 0 radical (unpaired) electrons. The van der Waals surface area contributed by atoms with E-state index in [1.807, 2.05) is 32.2 Å². The Hall–Kier alpha value is -1.59. The van der Waals surface area contributed by atoms with Crippen LogP contribution < -0.4 is 15.5 Å². The number of carbonyl (C=O) groups is 2. The SMILES string of the molecule is C[C@@H](NC(=O)C[NH+](C)CC(=O)NC1CC1)c1ccccc1Cl. The topological polar surface area (TPSA) is 62.6 Å². The standard InChI is InChI=1S/C16H22ClN3O2/c1-11(13-5-3-4-6-14(13)17)18-15(21)9-20(2)10-16(22)19-12-7-8-12/h3-6,11-12H,7-10H2,1-2H3,(H,18,21)(H,19,22)/p+1/t11-/m1/s1. The molecule has 5 nitrogen and oxygen atoms in total. The molecule has 0 spiro atoms. The van der Waals surface area contributed by atoms with Gasteiger partial charge in [-0.15, -0.1) is 0 Å². The summed E-state index contributed by atoms with van der Waals surface area (Å²) in [5.74, 6) is -0.0870. The lowest BCUT2D eigenvalue weighted by Gasteiger charge is -2.18. The van der Waals surface area contributed by atoms with Gasteiger partial charge >= 0.3 is 0 Å². The van der Waals surface area contributed by atoms with E-state index in [1.54, 1.807) is 6.07 Å². The fraction of sp³-hybridized carbons (Fsp3) is 0.500. The molecule has 0 aliphatic heterocycles. The van der Waals surface area contributed by atoms with Crippen LogP contribution in [0.25, 0.3) is 0 Å². The van der Waals surface area contributed by atoms with Crippen LogP contribution in [0.3, 0.4) is 0 Å². The predicted octanol–water partition coefficient (Wildman–Crippen LogP) is 0.311.